The first kappa shape index (κ1) is 16.3. The first-order valence-electron chi connectivity index (χ1n) is 7.97. The molecule has 0 aliphatic carbocycles. The highest BCUT2D eigenvalue weighted by molar-refractivity contribution is 5.95. The van der Waals surface area contributed by atoms with Gasteiger partial charge in [0.2, 0.25) is 5.88 Å². The summed E-state index contributed by atoms with van der Waals surface area (Å²) in [6, 6.07) is 3.74. The van der Waals surface area contributed by atoms with Gasteiger partial charge in [0.05, 0.1) is 19.2 Å². The van der Waals surface area contributed by atoms with Crippen LogP contribution in [0, 0.1) is 13.8 Å². The molecule has 1 saturated heterocycles. The van der Waals surface area contributed by atoms with E-state index in [1.54, 1.807) is 18.3 Å². The number of nitrogens with zero attached hydrogens (tertiary/aromatic N) is 3. The van der Waals surface area contributed by atoms with E-state index in [0.29, 0.717) is 23.7 Å². The zero-order valence-electron chi connectivity index (χ0n) is 14.1. The molecule has 0 N–H and O–H groups in total. The van der Waals surface area contributed by atoms with Gasteiger partial charge in [0.25, 0.3) is 5.91 Å². The number of furan rings is 1. The number of carbonyl (C=O) groups is 1. The summed E-state index contributed by atoms with van der Waals surface area (Å²) in [6.45, 7) is 4.89. The number of amides is 1. The lowest BCUT2D eigenvalue weighted by molar-refractivity contribution is 0.0524. The van der Waals surface area contributed by atoms with Crippen molar-refractivity contribution in [1.82, 2.24) is 14.9 Å². The van der Waals surface area contributed by atoms with E-state index < -0.39 is 0 Å². The summed E-state index contributed by atoms with van der Waals surface area (Å²) in [5.74, 6) is 1.84. The minimum absolute atomic E-state index is 0.0158. The molecule has 1 aliphatic heterocycles. The van der Waals surface area contributed by atoms with Crippen LogP contribution in [0.15, 0.2) is 22.7 Å². The molecule has 0 bridgehead atoms. The maximum atomic E-state index is 12.7. The van der Waals surface area contributed by atoms with Crippen LogP contribution in [0.25, 0.3) is 0 Å². The van der Waals surface area contributed by atoms with E-state index in [9.17, 15) is 4.79 Å². The molecule has 0 radical (unpaired) electrons. The fraction of sp³-hybridized carbons (Fsp3) is 0.471. The van der Waals surface area contributed by atoms with E-state index in [1.807, 2.05) is 18.7 Å². The van der Waals surface area contributed by atoms with Gasteiger partial charge in [-0.15, -0.1) is 0 Å². The smallest absolute Gasteiger partial charge is 0.319 e. The van der Waals surface area contributed by atoms with Crippen molar-refractivity contribution in [3.05, 3.63) is 35.4 Å². The molecule has 128 valence electrons. The van der Waals surface area contributed by atoms with Gasteiger partial charge in [0.15, 0.2) is 0 Å². The van der Waals surface area contributed by atoms with Crippen LogP contribution in [0.5, 0.6) is 11.9 Å². The summed E-state index contributed by atoms with van der Waals surface area (Å²) >= 11 is 0. The van der Waals surface area contributed by atoms with Gasteiger partial charge >= 0.3 is 6.01 Å². The second-order valence-corrected chi connectivity index (χ2v) is 5.84. The molecule has 1 atom stereocenters. The number of rotatable bonds is 4. The highest BCUT2D eigenvalue weighted by atomic mass is 16.5. The molecule has 3 heterocycles. The molecule has 24 heavy (non-hydrogen) atoms. The maximum Gasteiger partial charge on any atom is 0.319 e. The lowest BCUT2D eigenvalue weighted by Crippen LogP contribution is -2.44. The summed E-state index contributed by atoms with van der Waals surface area (Å²) in [7, 11) is 1.51. The van der Waals surface area contributed by atoms with Crippen LogP contribution < -0.4 is 9.47 Å². The van der Waals surface area contributed by atoms with Crippen molar-refractivity contribution in [3.63, 3.8) is 0 Å². The van der Waals surface area contributed by atoms with Gasteiger partial charge in [-0.05, 0) is 32.8 Å². The molecule has 0 aromatic carbocycles. The van der Waals surface area contributed by atoms with Gasteiger partial charge in [-0.2, -0.15) is 4.98 Å². The topological polar surface area (TPSA) is 77.7 Å². The van der Waals surface area contributed by atoms with E-state index in [1.165, 1.54) is 7.11 Å². The fourth-order valence-corrected chi connectivity index (χ4v) is 2.89. The van der Waals surface area contributed by atoms with Gasteiger partial charge in [-0.1, -0.05) is 0 Å². The maximum absolute atomic E-state index is 12.7. The van der Waals surface area contributed by atoms with E-state index in [0.717, 1.165) is 25.1 Å². The molecule has 3 rings (SSSR count). The second-order valence-electron chi connectivity index (χ2n) is 5.84. The third-order valence-corrected chi connectivity index (χ3v) is 4.01. The lowest BCUT2D eigenvalue weighted by Gasteiger charge is -2.32. The van der Waals surface area contributed by atoms with Gasteiger partial charge in [-0.3, -0.25) is 4.79 Å². The fourth-order valence-electron chi connectivity index (χ4n) is 2.89. The number of aromatic nitrogens is 2. The van der Waals surface area contributed by atoms with Gasteiger partial charge in [0, 0.05) is 18.8 Å². The molecule has 1 amide bonds. The van der Waals surface area contributed by atoms with Crippen molar-refractivity contribution in [2.24, 2.45) is 0 Å². The first-order valence-corrected chi connectivity index (χ1v) is 7.97. The monoisotopic (exact) mass is 331 g/mol. The number of aryl methyl sites for hydroxylation is 2. The van der Waals surface area contributed by atoms with Crippen molar-refractivity contribution >= 4 is 5.91 Å². The zero-order chi connectivity index (χ0) is 17.1. The third-order valence-electron chi connectivity index (χ3n) is 4.01. The van der Waals surface area contributed by atoms with Crippen LogP contribution in [0.2, 0.25) is 0 Å². The van der Waals surface area contributed by atoms with Gasteiger partial charge in [-0.25, -0.2) is 4.98 Å². The van der Waals surface area contributed by atoms with Crippen molar-refractivity contribution in [1.29, 1.82) is 0 Å². The van der Waals surface area contributed by atoms with E-state index in [4.69, 9.17) is 13.9 Å². The minimum atomic E-state index is -0.101. The number of methoxy groups -OCH3 is 1. The Labute approximate surface area is 140 Å². The largest absolute Gasteiger partial charge is 0.472 e. The van der Waals surface area contributed by atoms with Gasteiger partial charge in [0.1, 0.15) is 17.6 Å². The summed E-state index contributed by atoms with van der Waals surface area (Å²) in [4.78, 5) is 22.6. The molecule has 2 aromatic rings. The minimum Gasteiger partial charge on any atom is -0.472 e. The van der Waals surface area contributed by atoms with Crippen LogP contribution in [0.1, 0.15) is 34.7 Å². The van der Waals surface area contributed by atoms with Crippen LogP contribution in [0.3, 0.4) is 0 Å². The Balaban J connectivity index is 1.67. The predicted octanol–water partition coefficient (Wildman–Crippen LogP) is 2.38. The van der Waals surface area contributed by atoms with Crippen LogP contribution in [-0.2, 0) is 0 Å². The van der Waals surface area contributed by atoms with Crippen LogP contribution in [0.4, 0.5) is 0 Å². The zero-order valence-corrected chi connectivity index (χ0v) is 14.1. The molecule has 7 nitrogen and oxygen atoms in total. The molecule has 1 fully saturated rings. The second kappa shape index (κ2) is 6.90. The number of hydrogen-bond acceptors (Lipinski definition) is 6. The number of likely N-dealkylation sites (tertiary alicyclic amines) is 1. The Bertz CT molecular complexity index is 728. The quantitative estimate of drug-likeness (QED) is 0.856. The molecule has 2 aromatic heterocycles. The first-order chi connectivity index (χ1) is 11.6. The molecule has 1 aliphatic rings. The summed E-state index contributed by atoms with van der Waals surface area (Å²) in [5, 5.41) is 0. The number of piperidine rings is 1. The Morgan fingerprint density at radius 1 is 1.42 bits per heavy atom. The van der Waals surface area contributed by atoms with Crippen LogP contribution in [-0.4, -0.2) is 47.1 Å². The van der Waals surface area contributed by atoms with Crippen molar-refractivity contribution < 1.29 is 18.7 Å². The Morgan fingerprint density at radius 3 is 2.96 bits per heavy atom. The average molecular weight is 331 g/mol. The Hall–Kier alpha value is -2.57. The van der Waals surface area contributed by atoms with Crippen molar-refractivity contribution in [2.75, 3.05) is 20.2 Å². The molecule has 0 saturated carbocycles. The summed E-state index contributed by atoms with van der Waals surface area (Å²) < 4.78 is 16.4. The molecule has 1 unspecified atom stereocenters. The average Bonchev–Trinajstić information content (AvgIpc) is 2.93. The molecule has 0 spiro atoms. The highest BCUT2D eigenvalue weighted by Gasteiger charge is 2.28. The Morgan fingerprint density at radius 2 is 2.25 bits per heavy atom. The standard InChI is InChI=1S/C17H21N3O4/c1-11-9-14(12(2)23-11)16(21)20-8-4-5-13(10-20)24-15-6-7-18-17(19-15)22-3/h6-7,9,13H,4-5,8,10H2,1-3H3. The van der Waals surface area contributed by atoms with Gasteiger partial charge < -0.3 is 18.8 Å². The normalized spacial score (nSPS) is 17.6. The summed E-state index contributed by atoms with van der Waals surface area (Å²) in [5.41, 5.74) is 0.622. The lowest BCUT2D eigenvalue weighted by atomic mass is 10.1. The van der Waals surface area contributed by atoms with E-state index >= 15 is 0 Å². The molecule has 7 heteroatoms. The third kappa shape index (κ3) is 3.50. The van der Waals surface area contributed by atoms with Crippen molar-refractivity contribution in [2.45, 2.75) is 32.8 Å². The van der Waals surface area contributed by atoms with Crippen molar-refractivity contribution in [3.8, 4) is 11.9 Å². The number of hydrogen-bond donors (Lipinski definition) is 0. The summed E-state index contributed by atoms with van der Waals surface area (Å²) in [6.07, 6.45) is 3.24. The van der Waals surface area contributed by atoms with E-state index in [2.05, 4.69) is 9.97 Å². The van der Waals surface area contributed by atoms with Crippen LogP contribution >= 0.6 is 0 Å². The number of ether oxygens (including phenoxy) is 2. The Kier molecular flexibility index (Phi) is 4.69. The SMILES string of the molecule is COc1nccc(OC2CCCN(C(=O)c3cc(C)oc3C)C2)n1. The van der Waals surface area contributed by atoms with E-state index in [-0.39, 0.29) is 18.0 Å². The predicted molar refractivity (Wildman–Crippen MR) is 86.3 cm³/mol. The highest BCUT2D eigenvalue weighted by Crippen LogP contribution is 2.21. The number of carbonyl (C=O) groups excluding carboxylic acids is 1. The molecular formula is C17H21N3O4. The molecular weight excluding hydrogens is 310 g/mol.